The van der Waals surface area contributed by atoms with Gasteiger partial charge in [0.1, 0.15) is 0 Å². The Morgan fingerprint density at radius 1 is 1.12 bits per heavy atom. The minimum atomic E-state index is -0.512. The largest absolute Gasteiger partial charge is 0.417 e. The summed E-state index contributed by atoms with van der Waals surface area (Å²) < 4.78 is 5.01. The average Bonchev–Trinajstić information content (AvgIpc) is 2.85. The summed E-state index contributed by atoms with van der Waals surface area (Å²) in [7, 11) is 0. The maximum Gasteiger partial charge on any atom is 0.417 e. The van der Waals surface area contributed by atoms with Gasteiger partial charge in [0.25, 0.3) is 5.91 Å². The van der Waals surface area contributed by atoms with Crippen LogP contribution in [0.3, 0.4) is 0 Å². The van der Waals surface area contributed by atoms with E-state index in [4.69, 9.17) is 4.42 Å². The summed E-state index contributed by atoms with van der Waals surface area (Å²) in [6.07, 6.45) is 0. The van der Waals surface area contributed by atoms with Crippen LogP contribution in [0.2, 0.25) is 0 Å². The highest BCUT2D eigenvalue weighted by atomic mass is 16.4. The number of carbonyl (C=O) groups is 1. The molecule has 0 aliphatic heterocycles. The second kappa shape index (κ2) is 5.67. The molecule has 2 N–H and O–H groups in total. The summed E-state index contributed by atoms with van der Waals surface area (Å²) in [5.41, 5.74) is 4.37. The standard InChI is InChI=1S/C19H20N2O3/c1-11-9-12(19(2,3)4)5-7-14(11)17(22)20-13-6-8-15-16(10-13)24-18(23)21-15/h5-10H,1-4H3,(H,20,22)(H,21,23). The van der Waals surface area contributed by atoms with E-state index >= 15 is 0 Å². The number of fused-ring (bicyclic) bond motifs is 1. The summed E-state index contributed by atoms with van der Waals surface area (Å²) >= 11 is 0. The molecule has 0 fully saturated rings. The number of carbonyl (C=O) groups excluding carboxylic acids is 1. The number of benzene rings is 2. The SMILES string of the molecule is Cc1cc(C(C)(C)C)ccc1C(=O)Nc1ccc2[nH]c(=O)oc2c1. The second-order valence-corrected chi connectivity index (χ2v) is 6.96. The molecule has 1 aromatic heterocycles. The van der Waals surface area contributed by atoms with Crippen molar-refractivity contribution >= 4 is 22.7 Å². The molecule has 5 heteroatoms. The first-order valence-corrected chi connectivity index (χ1v) is 7.79. The molecule has 24 heavy (non-hydrogen) atoms. The van der Waals surface area contributed by atoms with E-state index in [-0.39, 0.29) is 11.3 Å². The predicted molar refractivity (Wildman–Crippen MR) is 94.7 cm³/mol. The zero-order valence-electron chi connectivity index (χ0n) is 14.2. The Hall–Kier alpha value is -2.82. The van der Waals surface area contributed by atoms with E-state index in [0.29, 0.717) is 22.4 Å². The first kappa shape index (κ1) is 16.1. The Kier molecular flexibility index (Phi) is 3.79. The maximum atomic E-state index is 12.5. The maximum absolute atomic E-state index is 12.5. The van der Waals surface area contributed by atoms with Crippen molar-refractivity contribution < 1.29 is 9.21 Å². The summed E-state index contributed by atoms with van der Waals surface area (Å²) in [5.74, 6) is -0.702. The summed E-state index contributed by atoms with van der Waals surface area (Å²) in [6, 6.07) is 10.9. The Morgan fingerprint density at radius 2 is 1.88 bits per heavy atom. The number of anilines is 1. The van der Waals surface area contributed by atoms with E-state index in [1.165, 1.54) is 5.56 Å². The number of H-pyrrole nitrogens is 1. The molecular formula is C19H20N2O3. The predicted octanol–water partition coefficient (Wildman–Crippen LogP) is 3.98. The van der Waals surface area contributed by atoms with Gasteiger partial charge < -0.3 is 9.73 Å². The molecule has 2 aromatic carbocycles. The molecule has 0 aliphatic carbocycles. The topological polar surface area (TPSA) is 75.1 Å². The number of nitrogens with one attached hydrogen (secondary N) is 2. The molecular weight excluding hydrogens is 304 g/mol. The molecule has 0 unspecified atom stereocenters. The van der Waals surface area contributed by atoms with Gasteiger partial charge >= 0.3 is 5.76 Å². The minimum Gasteiger partial charge on any atom is -0.408 e. The molecule has 0 saturated heterocycles. The number of aromatic amines is 1. The molecule has 0 atom stereocenters. The normalized spacial score (nSPS) is 11.7. The van der Waals surface area contributed by atoms with E-state index in [1.807, 2.05) is 25.1 Å². The van der Waals surface area contributed by atoms with Crippen LogP contribution in [0.5, 0.6) is 0 Å². The lowest BCUT2D eigenvalue weighted by molar-refractivity contribution is 0.102. The summed E-state index contributed by atoms with van der Waals surface area (Å²) in [6.45, 7) is 8.35. The molecule has 1 heterocycles. The number of hydrogen-bond acceptors (Lipinski definition) is 3. The van der Waals surface area contributed by atoms with Gasteiger partial charge in [-0.25, -0.2) is 4.79 Å². The number of aryl methyl sites for hydroxylation is 1. The zero-order valence-corrected chi connectivity index (χ0v) is 14.2. The van der Waals surface area contributed by atoms with Crippen LogP contribution >= 0.6 is 0 Å². The van der Waals surface area contributed by atoms with Crippen molar-refractivity contribution in [3.05, 3.63) is 63.6 Å². The highest BCUT2D eigenvalue weighted by molar-refractivity contribution is 6.05. The van der Waals surface area contributed by atoms with Crippen LogP contribution in [0.15, 0.2) is 45.6 Å². The molecule has 0 radical (unpaired) electrons. The molecule has 0 spiro atoms. The van der Waals surface area contributed by atoms with Crippen molar-refractivity contribution in [3.63, 3.8) is 0 Å². The number of oxazole rings is 1. The Labute approximate surface area is 139 Å². The number of amides is 1. The molecule has 0 saturated carbocycles. The van der Waals surface area contributed by atoms with E-state index in [1.54, 1.807) is 18.2 Å². The van der Waals surface area contributed by atoms with Gasteiger partial charge in [0.2, 0.25) is 0 Å². The van der Waals surface area contributed by atoms with E-state index < -0.39 is 5.76 Å². The van der Waals surface area contributed by atoms with Crippen molar-refractivity contribution in [2.45, 2.75) is 33.1 Å². The van der Waals surface area contributed by atoms with Gasteiger partial charge in [-0.05, 0) is 41.7 Å². The molecule has 3 aromatic rings. The van der Waals surface area contributed by atoms with Crippen LogP contribution in [-0.2, 0) is 5.41 Å². The third kappa shape index (κ3) is 3.11. The highest BCUT2D eigenvalue weighted by Crippen LogP contribution is 2.25. The van der Waals surface area contributed by atoms with Gasteiger partial charge in [0, 0.05) is 17.3 Å². The Balaban J connectivity index is 1.87. The number of aromatic nitrogens is 1. The van der Waals surface area contributed by atoms with E-state index in [0.717, 1.165) is 5.56 Å². The first-order chi connectivity index (χ1) is 11.2. The lowest BCUT2D eigenvalue weighted by Gasteiger charge is -2.20. The second-order valence-electron chi connectivity index (χ2n) is 6.96. The van der Waals surface area contributed by atoms with Gasteiger partial charge in [-0.3, -0.25) is 9.78 Å². The van der Waals surface area contributed by atoms with Gasteiger partial charge in [0.05, 0.1) is 5.52 Å². The average molecular weight is 324 g/mol. The molecule has 1 amide bonds. The van der Waals surface area contributed by atoms with Crippen LogP contribution in [0.1, 0.15) is 42.3 Å². The van der Waals surface area contributed by atoms with Gasteiger partial charge in [-0.1, -0.05) is 32.9 Å². The van der Waals surface area contributed by atoms with Crippen LogP contribution < -0.4 is 11.1 Å². The number of rotatable bonds is 2. The fourth-order valence-corrected chi connectivity index (χ4v) is 2.61. The van der Waals surface area contributed by atoms with Crippen LogP contribution in [-0.4, -0.2) is 10.9 Å². The Bertz CT molecular complexity index is 974. The molecule has 124 valence electrons. The van der Waals surface area contributed by atoms with Crippen molar-refractivity contribution in [2.24, 2.45) is 0 Å². The van der Waals surface area contributed by atoms with Gasteiger partial charge in [0.15, 0.2) is 5.58 Å². The lowest BCUT2D eigenvalue weighted by atomic mass is 9.85. The first-order valence-electron chi connectivity index (χ1n) is 7.79. The fourth-order valence-electron chi connectivity index (χ4n) is 2.61. The third-order valence-electron chi connectivity index (χ3n) is 4.02. The minimum absolute atomic E-state index is 0.0383. The summed E-state index contributed by atoms with van der Waals surface area (Å²) in [5, 5.41) is 2.84. The highest BCUT2D eigenvalue weighted by Gasteiger charge is 2.17. The van der Waals surface area contributed by atoms with Crippen molar-refractivity contribution in [1.29, 1.82) is 0 Å². The van der Waals surface area contributed by atoms with Crippen LogP contribution in [0, 0.1) is 6.92 Å². The molecule has 0 bridgehead atoms. The third-order valence-corrected chi connectivity index (χ3v) is 4.02. The van der Waals surface area contributed by atoms with E-state index in [9.17, 15) is 9.59 Å². The molecule has 5 nitrogen and oxygen atoms in total. The number of hydrogen-bond donors (Lipinski definition) is 2. The van der Waals surface area contributed by atoms with E-state index in [2.05, 4.69) is 31.1 Å². The van der Waals surface area contributed by atoms with Crippen molar-refractivity contribution in [3.8, 4) is 0 Å². The van der Waals surface area contributed by atoms with Crippen molar-refractivity contribution in [2.75, 3.05) is 5.32 Å². The van der Waals surface area contributed by atoms with Crippen LogP contribution in [0.25, 0.3) is 11.1 Å². The monoisotopic (exact) mass is 324 g/mol. The van der Waals surface area contributed by atoms with Crippen molar-refractivity contribution in [1.82, 2.24) is 4.98 Å². The van der Waals surface area contributed by atoms with Gasteiger partial charge in [-0.15, -0.1) is 0 Å². The molecule has 3 rings (SSSR count). The fraction of sp³-hybridized carbons (Fsp3) is 0.263. The summed E-state index contributed by atoms with van der Waals surface area (Å²) in [4.78, 5) is 26.3. The lowest BCUT2D eigenvalue weighted by Crippen LogP contribution is -2.16. The Morgan fingerprint density at radius 3 is 2.54 bits per heavy atom. The van der Waals surface area contributed by atoms with Gasteiger partial charge in [-0.2, -0.15) is 0 Å². The van der Waals surface area contributed by atoms with Crippen LogP contribution in [0.4, 0.5) is 5.69 Å². The zero-order chi connectivity index (χ0) is 17.5. The molecule has 0 aliphatic rings. The smallest absolute Gasteiger partial charge is 0.408 e. The quantitative estimate of drug-likeness (QED) is 0.748.